The maximum atomic E-state index is 12.5. The molecule has 32 heavy (non-hydrogen) atoms. The van der Waals surface area contributed by atoms with Gasteiger partial charge in [0, 0.05) is 6.54 Å². The second kappa shape index (κ2) is 10.8. The van der Waals surface area contributed by atoms with Crippen molar-refractivity contribution in [3.05, 3.63) is 64.1 Å². The molecule has 0 spiro atoms. The molecule has 0 atom stereocenters. The minimum absolute atomic E-state index is 0.0427. The Morgan fingerprint density at radius 3 is 2.59 bits per heavy atom. The molecule has 0 aromatic heterocycles. The Morgan fingerprint density at radius 2 is 1.88 bits per heavy atom. The van der Waals surface area contributed by atoms with Crippen LogP contribution in [0.25, 0.3) is 6.08 Å². The molecule has 168 valence electrons. The van der Waals surface area contributed by atoms with Crippen LogP contribution >= 0.6 is 11.8 Å². The molecule has 0 aliphatic carbocycles. The number of rotatable bonds is 9. The Hall–Kier alpha value is -3.30. The van der Waals surface area contributed by atoms with Crippen LogP contribution in [0, 0.1) is 0 Å². The summed E-state index contributed by atoms with van der Waals surface area (Å²) in [6, 6.07) is 11.9. The number of carbonyl (C=O) groups is 3. The van der Waals surface area contributed by atoms with Gasteiger partial charge in [0.1, 0.15) is 0 Å². The monoisotopic (exact) mass is 456 g/mol. The SMILES string of the molecule is CCc1ccc(/C=C2\SC(=O)N(CCOCCNC(=O)c3cccc(O)c3O)C2=O)cc1. The van der Waals surface area contributed by atoms with Crippen molar-refractivity contribution in [3.63, 3.8) is 0 Å². The highest BCUT2D eigenvalue weighted by Crippen LogP contribution is 2.32. The number of aromatic hydroxyl groups is 2. The summed E-state index contributed by atoms with van der Waals surface area (Å²) in [5.74, 6) is -1.77. The van der Waals surface area contributed by atoms with E-state index in [1.165, 1.54) is 23.8 Å². The fourth-order valence-electron chi connectivity index (χ4n) is 3.00. The molecule has 9 heteroatoms. The third kappa shape index (κ3) is 5.68. The molecule has 3 N–H and O–H groups in total. The van der Waals surface area contributed by atoms with Crippen molar-refractivity contribution < 1.29 is 29.3 Å². The first kappa shape index (κ1) is 23.4. The van der Waals surface area contributed by atoms with Crippen LogP contribution in [-0.4, -0.2) is 58.5 Å². The normalized spacial score (nSPS) is 14.9. The fraction of sp³-hybridized carbons (Fsp3) is 0.261. The third-order valence-electron chi connectivity index (χ3n) is 4.81. The molecule has 2 aromatic rings. The number of aryl methyl sites for hydroxylation is 1. The predicted octanol–water partition coefficient (Wildman–Crippen LogP) is 3.14. The molecular formula is C23H24N2O6S. The highest BCUT2D eigenvalue weighted by atomic mass is 32.2. The van der Waals surface area contributed by atoms with Crippen LogP contribution in [0.3, 0.4) is 0 Å². The molecule has 1 aliphatic rings. The summed E-state index contributed by atoms with van der Waals surface area (Å²) in [6.07, 6.45) is 2.64. The number of imide groups is 1. The van der Waals surface area contributed by atoms with Crippen molar-refractivity contribution in [1.82, 2.24) is 10.2 Å². The molecule has 2 aromatic carbocycles. The van der Waals surface area contributed by atoms with Crippen molar-refractivity contribution >= 4 is 34.9 Å². The lowest BCUT2D eigenvalue weighted by atomic mass is 10.1. The number of ether oxygens (including phenoxy) is 1. The first-order valence-corrected chi connectivity index (χ1v) is 10.9. The van der Waals surface area contributed by atoms with Crippen molar-refractivity contribution in [2.24, 2.45) is 0 Å². The van der Waals surface area contributed by atoms with Gasteiger partial charge < -0.3 is 20.3 Å². The number of carbonyl (C=O) groups excluding carboxylic acids is 3. The van der Waals surface area contributed by atoms with Crippen LogP contribution in [0.5, 0.6) is 11.5 Å². The van der Waals surface area contributed by atoms with E-state index in [1.807, 2.05) is 24.3 Å². The first-order chi connectivity index (χ1) is 15.4. The van der Waals surface area contributed by atoms with Gasteiger partial charge in [-0.25, -0.2) is 0 Å². The van der Waals surface area contributed by atoms with Crippen LogP contribution in [0.2, 0.25) is 0 Å². The predicted molar refractivity (Wildman–Crippen MR) is 121 cm³/mol. The largest absolute Gasteiger partial charge is 0.504 e. The smallest absolute Gasteiger partial charge is 0.293 e. The summed E-state index contributed by atoms with van der Waals surface area (Å²) in [6.45, 7) is 2.61. The van der Waals surface area contributed by atoms with Crippen LogP contribution in [0.4, 0.5) is 4.79 Å². The topological polar surface area (TPSA) is 116 Å². The molecule has 1 heterocycles. The van der Waals surface area contributed by atoms with Gasteiger partial charge in [0.25, 0.3) is 17.1 Å². The molecule has 3 amide bonds. The summed E-state index contributed by atoms with van der Waals surface area (Å²) in [4.78, 5) is 38.2. The lowest BCUT2D eigenvalue weighted by molar-refractivity contribution is -0.123. The third-order valence-corrected chi connectivity index (χ3v) is 5.72. The van der Waals surface area contributed by atoms with E-state index in [0.717, 1.165) is 28.6 Å². The highest BCUT2D eigenvalue weighted by molar-refractivity contribution is 8.18. The van der Waals surface area contributed by atoms with Crippen LogP contribution in [0.15, 0.2) is 47.4 Å². The Morgan fingerprint density at radius 1 is 1.12 bits per heavy atom. The molecule has 3 rings (SSSR count). The Kier molecular flexibility index (Phi) is 7.91. The van der Waals surface area contributed by atoms with Crippen molar-refractivity contribution in [3.8, 4) is 11.5 Å². The van der Waals surface area contributed by atoms with Gasteiger partial charge in [-0.2, -0.15) is 0 Å². The standard InChI is InChI=1S/C23H24N2O6S/c1-2-15-6-8-16(9-7-15)14-19-22(29)25(23(30)32-19)11-13-31-12-10-24-21(28)17-4-3-5-18(26)20(17)27/h3-9,14,26-27H,2,10-13H2,1H3,(H,24,28)/b19-14-. The van der Waals surface area contributed by atoms with Crippen molar-refractivity contribution in [1.29, 1.82) is 0 Å². The zero-order valence-electron chi connectivity index (χ0n) is 17.5. The van der Waals surface area contributed by atoms with Gasteiger partial charge in [0.2, 0.25) is 0 Å². The van der Waals surface area contributed by atoms with E-state index in [2.05, 4.69) is 12.2 Å². The first-order valence-electron chi connectivity index (χ1n) is 10.1. The second-order valence-corrected chi connectivity index (χ2v) is 7.96. The summed E-state index contributed by atoms with van der Waals surface area (Å²) < 4.78 is 5.41. The molecule has 1 saturated heterocycles. The average Bonchev–Trinajstić information content (AvgIpc) is 3.05. The van der Waals surface area contributed by atoms with Gasteiger partial charge in [-0.15, -0.1) is 0 Å². The van der Waals surface area contributed by atoms with E-state index in [1.54, 1.807) is 6.08 Å². The Balaban J connectivity index is 1.42. The summed E-state index contributed by atoms with van der Waals surface area (Å²) in [5.41, 5.74) is 2.01. The van der Waals surface area contributed by atoms with Crippen LogP contribution in [0.1, 0.15) is 28.4 Å². The van der Waals surface area contributed by atoms with E-state index in [9.17, 15) is 24.6 Å². The molecule has 0 unspecified atom stereocenters. The summed E-state index contributed by atoms with van der Waals surface area (Å²) >= 11 is 0.901. The van der Waals surface area contributed by atoms with Gasteiger partial charge in [-0.1, -0.05) is 37.3 Å². The molecule has 1 fully saturated rings. The molecule has 0 saturated carbocycles. The summed E-state index contributed by atoms with van der Waals surface area (Å²) in [5, 5.41) is 21.4. The maximum Gasteiger partial charge on any atom is 0.293 e. The summed E-state index contributed by atoms with van der Waals surface area (Å²) in [7, 11) is 0. The molecule has 0 bridgehead atoms. The number of phenols is 2. The quantitative estimate of drug-likeness (QED) is 0.302. The number of nitrogens with one attached hydrogen (secondary N) is 1. The number of benzene rings is 2. The lowest BCUT2D eigenvalue weighted by Gasteiger charge is -2.13. The average molecular weight is 457 g/mol. The number of nitrogens with zero attached hydrogens (tertiary/aromatic N) is 1. The van der Waals surface area contributed by atoms with E-state index < -0.39 is 11.7 Å². The molecule has 8 nitrogen and oxygen atoms in total. The molecule has 0 radical (unpaired) electrons. The maximum absolute atomic E-state index is 12.5. The van der Waals surface area contributed by atoms with Gasteiger partial charge in [0.15, 0.2) is 11.5 Å². The number of thioether (sulfide) groups is 1. The number of phenolic OH excluding ortho intramolecular Hbond substituents is 2. The number of para-hydroxylation sites is 1. The number of amides is 3. The van der Waals surface area contributed by atoms with E-state index in [4.69, 9.17) is 4.74 Å². The van der Waals surface area contributed by atoms with Gasteiger partial charge in [0.05, 0.1) is 30.2 Å². The lowest BCUT2D eigenvalue weighted by Crippen LogP contribution is -2.33. The van der Waals surface area contributed by atoms with E-state index >= 15 is 0 Å². The van der Waals surface area contributed by atoms with Gasteiger partial charge >= 0.3 is 0 Å². The minimum Gasteiger partial charge on any atom is -0.504 e. The van der Waals surface area contributed by atoms with Gasteiger partial charge in [-0.05, 0) is 47.5 Å². The molecule has 1 aliphatic heterocycles. The Labute approximate surface area is 189 Å². The zero-order chi connectivity index (χ0) is 23.1. The minimum atomic E-state index is -0.551. The van der Waals surface area contributed by atoms with Crippen molar-refractivity contribution in [2.75, 3.05) is 26.3 Å². The van der Waals surface area contributed by atoms with Crippen LogP contribution in [-0.2, 0) is 16.0 Å². The van der Waals surface area contributed by atoms with Gasteiger partial charge in [-0.3, -0.25) is 19.3 Å². The van der Waals surface area contributed by atoms with Crippen molar-refractivity contribution in [2.45, 2.75) is 13.3 Å². The Bertz CT molecular complexity index is 1040. The second-order valence-electron chi connectivity index (χ2n) is 6.97. The number of hydrogen-bond acceptors (Lipinski definition) is 7. The van der Waals surface area contributed by atoms with Crippen LogP contribution < -0.4 is 5.32 Å². The number of hydrogen-bond donors (Lipinski definition) is 3. The van der Waals surface area contributed by atoms with E-state index in [-0.39, 0.29) is 48.8 Å². The fourth-order valence-corrected chi connectivity index (χ4v) is 3.86. The zero-order valence-corrected chi connectivity index (χ0v) is 18.4. The molecular weight excluding hydrogens is 432 g/mol. The highest BCUT2D eigenvalue weighted by Gasteiger charge is 2.34. The van der Waals surface area contributed by atoms with E-state index in [0.29, 0.717) is 4.91 Å².